The molecule has 2 saturated heterocycles. The number of piperidine rings is 1. The van der Waals surface area contributed by atoms with Crippen LogP contribution in [0.1, 0.15) is 17.5 Å². The number of halogens is 5. The Labute approximate surface area is 293 Å². The molecule has 0 spiro atoms. The van der Waals surface area contributed by atoms with E-state index in [0.717, 1.165) is 19.2 Å². The third-order valence-corrected chi connectivity index (χ3v) is 8.30. The molecule has 0 bridgehead atoms. The van der Waals surface area contributed by atoms with Crippen molar-refractivity contribution >= 4 is 35.8 Å². The van der Waals surface area contributed by atoms with Gasteiger partial charge in [-0.3, -0.25) is 4.90 Å². The molecule has 2 amide bonds. The predicted octanol–water partition coefficient (Wildman–Crippen LogP) is 6.27. The normalized spacial score (nSPS) is 18.5. The maximum absolute atomic E-state index is 14.0. The van der Waals surface area contributed by atoms with E-state index < -0.39 is 23.9 Å². The molecule has 4 heterocycles. The number of urea groups is 1. The van der Waals surface area contributed by atoms with Crippen molar-refractivity contribution in [3.05, 3.63) is 84.2 Å². The topological polar surface area (TPSA) is 120 Å². The van der Waals surface area contributed by atoms with Gasteiger partial charge in [0.15, 0.2) is 0 Å². The maximum Gasteiger partial charge on any atom is 0.416 e. The molecule has 11 nitrogen and oxygen atoms in total. The van der Waals surface area contributed by atoms with Crippen molar-refractivity contribution in [2.24, 2.45) is 0 Å². The van der Waals surface area contributed by atoms with Gasteiger partial charge in [0.25, 0.3) is 0 Å². The molecule has 6 rings (SSSR count). The van der Waals surface area contributed by atoms with Crippen LogP contribution in [0.15, 0.2) is 73.1 Å². The monoisotopic (exact) mass is 715 g/mol. The van der Waals surface area contributed by atoms with Crippen LogP contribution in [-0.2, 0) is 12.7 Å². The standard InChI is InChI=1S/C34H37F4N9O2.ClH/c1-46-12-14-47(15-13-46)21-22-7-8-25(18-29(22)34(36,37)38)44-33(48)43-24-4-2-5-27(17-24)49-31-28(6-3-10-40-31)30-9-11-41-32(45-30)42-26-16-23(35)19-39-20-26;/h2-11,17-18,23,26,39H,12-16,19-21H2,1H3,(H,41,42,45)(H2,43,44,48);1H/t23-,26-;/m0./s1. The Hall–Kier alpha value is -4.57. The molecule has 2 aromatic carbocycles. The van der Waals surface area contributed by atoms with Crippen LogP contribution in [0.4, 0.5) is 39.7 Å². The molecule has 2 aromatic heterocycles. The molecule has 4 N–H and O–H groups in total. The van der Waals surface area contributed by atoms with Crippen LogP contribution in [-0.4, -0.2) is 89.3 Å². The Morgan fingerprint density at radius 2 is 1.74 bits per heavy atom. The third kappa shape index (κ3) is 9.78. The van der Waals surface area contributed by atoms with Crippen molar-refractivity contribution in [2.75, 3.05) is 62.3 Å². The number of nitrogens with one attached hydrogen (secondary N) is 4. The van der Waals surface area contributed by atoms with Crippen molar-refractivity contribution < 1.29 is 27.1 Å². The van der Waals surface area contributed by atoms with Crippen molar-refractivity contribution in [3.8, 4) is 22.9 Å². The second kappa shape index (κ2) is 16.4. The number of anilines is 3. The zero-order valence-corrected chi connectivity index (χ0v) is 28.0. The number of likely N-dealkylation sites (N-methyl/N-ethyl adjacent to an activating group) is 1. The van der Waals surface area contributed by atoms with Gasteiger partial charge in [-0.25, -0.2) is 24.1 Å². The first-order chi connectivity index (χ1) is 23.6. The number of alkyl halides is 4. The van der Waals surface area contributed by atoms with E-state index in [2.05, 4.69) is 41.1 Å². The molecule has 50 heavy (non-hydrogen) atoms. The number of pyridine rings is 1. The highest BCUT2D eigenvalue weighted by Crippen LogP contribution is 2.35. The smallest absolute Gasteiger partial charge is 0.416 e. The van der Waals surface area contributed by atoms with E-state index >= 15 is 0 Å². The van der Waals surface area contributed by atoms with Crippen LogP contribution in [0.5, 0.6) is 11.6 Å². The average Bonchev–Trinajstić information content (AvgIpc) is 3.06. The zero-order chi connectivity index (χ0) is 34.4. The molecule has 16 heteroatoms. The van der Waals surface area contributed by atoms with Crippen molar-refractivity contribution in [1.82, 2.24) is 30.1 Å². The molecule has 0 radical (unpaired) electrons. The first-order valence-corrected chi connectivity index (χ1v) is 16.0. The van der Waals surface area contributed by atoms with Crippen LogP contribution in [0, 0.1) is 0 Å². The van der Waals surface area contributed by atoms with Gasteiger partial charge in [-0.15, -0.1) is 12.4 Å². The van der Waals surface area contributed by atoms with Crippen LogP contribution >= 0.6 is 12.4 Å². The summed E-state index contributed by atoms with van der Waals surface area (Å²) in [5, 5.41) is 11.4. The van der Waals surface area contributed by atoms with Gasteiger partial charge in [-0.05, 0) is 55.1 Å². The highest BCUT2D eigenvalue weighted by atomic mass is 35.5. The Kier molecular flexibility index (Phi) is 12.1. The number of aromatic nitrogens is 3. The van der Waals surface area contributed by atoms with E-state index in [1.54, 1.807) is 54.9 Å². The summed E-state index contributed by atoms with van der Waals surface area (Å²) in [6.07, 6.45) is -2.03. The molecule has 0 saturated carbocycles. The second-order valence-corrected chi connectivity index (χ2v) is 12.1. The number of hydrogen-bond donors (Lipinski definition) is 4. The van der Waals surface area contributed by atoms with E-state index in [-0.39, 0.29) is 42.1 Å². The van der Waals surface area contributed by atoms with Crippen molar-refractivity contribution in [1.29, 1.82) is 0 Å². The molecular weight excluding hydrogens is 678 g/mol. The molecule has 0 unspecified atom stereocenters. The van der Waals surface area contributed by atoms with E-state index in [1.165, 1.54) is 12.1 Å². The number of carbonyl (C=O) groups excluding carboxylic acids is 1. The number of rotatable bonds is 9. The lowest BCUT2D eigenvalue weighted by Crippen LogP contribution is -2.44. The van der Waals surface area contributed by atoms with Crippen LogP contribution in [0.2, 0.25) is 0 Å². The lowest BCUT2D eigenvalue weighted by molar-refractivity contribution is -0.138. The number of piperazine rings is 1. The Balaban J connectivity index is 0.00000486. The summed E-state index contributed by atoms with van der Waals surface area (Å²) >= 11 is 0. The summed E-state index contributed by atoms with van der Waals surface area (Å²) in [6.45, 7) is 4.04. The minimum Gasteiger partial charge on any atom is -0.438 e. The summed E-state index contributed by atoms with van der Waals surface area (Å²) in [6, 6.07) is 14.7. The lowest BCUT2D eigenvalue weighted by atomic mass is 10.0. The number of benzene rings is 2. The lowest BCUT2D eigenvalue weighted by Gasteiger charge is -2.33. The van der Waals surface area contributed by atoms with Gasteiger partial charge >= 0.3 is 12.2 Å². The van der Waals surface area contributed by atoms with Gasteiger partial charge in [-0.1, -0.05) is 12.1 Å². The minimum atomic E-state index is -4.58. The summed E-state index contributed by atoms with van der Waals surface area (Å²) in [4.78, 5) is 30.2. The fourth-order valence-electron chi connectivity index (χ4n) is 5.77. The van der Waals surface area contributed by atoms with Gasteiger partial charge in [-0.2, -0.15) is 13.2 Å². The van der Waals surface area contributed by atoms with Gasteiger partial charge in [0.05, 0.1) is 16.8 Å². The Morgan fingerprint density at radius 1 is 0.960 bits per heavy atom. The summed E-state index contributed by atoms with van der Waals surface area (Å²) in [5.41, 5.74) is 0.842. The van der Waals surface area contributed by atoms with E-state index in [0.29, 0.717) is 61.2 Å². The first kappa shape index (κ1) is 36.7. The van der Waals surface area contributed by atoms with E-state index in [9.17, 15) is 22.4 Å². The Morgan fingerprint density at radius 3 is 2.50 bits per heavy atom. The minimum absolute atomic E-state index is 0. The van der Waals surface area contributed by atoms with Crippen molar-refractivity contribution in [3.63, 3.8) is 0 Å². The molecule has 2 aliphatic heterocycles. The summed E-state index contributed by atoms with van der Waals surface area (Å²) < 4.78 is 62.0. The SMILES string of the molecule is CN1CCN(Cc2ccc(NC(=O)Nc3cccc(Oc4ncccc4-c4ccnc(N[C@@H]5CNC[C@@H](F)C5)n4)c3)cc2C(F)(F)F)CC1.Cl. The fraction of sp³-hybridized carbons (Fsp3) is 0.353. The highest BCUT2D eigenvalue weighted by molar-refractivity contribution is 6.00. The van der Waals surface area contributed by atoms with Gasteiger partial charge in [0.2, 0.25) is 11.8 Å². The van der Waals surface area contributed by atoms with E-state index in [4.69, 9.17) is 4.74 Å². The zero-order valence-electron chi connectivity index (χ0n) is 27.2. The molecule has 0 aliphatic carbocycles. The van der Waals surface area contributed by atoms with Crippen LogP contribution in [0.3, 0.4) is 0 Å². The van der Waals surface area contributed by atoms with Gasteiger partial charge < -0.3 is 30.9 Å². The van der Waals surface area contributed by atoms with Crippen LogP contribution in [0.25, 0.3) is 11.3 Å². The average molecular weight is 716 g/mol. The number of carbonyl (C=O) groups is 1. The maximum atomic E-state index is 14.0. The molecule has 2 atom stereocenters. The first-order valence-electron chi connectivity index (χ1n) is 16.0. The molecular formula is C34H38ClF4N9O2. The molecule has 2 fully saturated rings. The predicted molar refractivity (Wildman–Crippen MR) is 186 cm³/mol. The number of ether oxygens (including phenoxy) is 1. The summed E-state index contributed by atoms with van der Waals surface area (Å²) in [5.74, 6) is 0.936. The largest absolute Gasteiger partial charge is 0.438 e. The quantitative estimate of drug-likeness (QED) is 0.149. The Bertz CT molecular complexity index is 1760. The van der Waals surface area contributed by atoms with Gasteiger partial charge in [0.1, 0.15) is 11.9 Å². The second-order valence-electron chi connectivity index (χ2n) is 12.1. The highest BCUT2D eigenvalue weighted by Gasteiger charge is 2.34. The molecule has 266 valence electrons. The van der Waals surface area contributed by atoms with Crippen LogP contribution < -0.4 is 26.0 Å². The van der Waals surface area contributed by atoms with E-state index in [1.807, 2.05) is 11.9 Å². The molecule has 2 aliphatic rings. The third-order valence-electron chi connectivity index (χ3n) is 8.30. The summed E-state index contributed by atoms with van der Waals surface area (Å²) in [7, 11) is 1.99. The number of amides is 2. The van der Waals surface area contributed by atoms with Crippen molar-refractivity contribution in [2.45, 2.75) is 31.4 Å². The number of nitrogens with zero attached hydrogens (tertiary/aromatic N) is 5. The number of hydrogen-bond acceptors (Lipinski definition) is 9. The fourth-order valence-corrected chi connectivity index (χ4v) is 5.77. The van der Waals surface area contributed by atoms with Gasteiger partial charge in [0, 0.05) is 88.1 Å². The molecule has 4 aromatic rings.